The monoisotopic (exact) mass is 383 g/mol. The van der Waals surface area contributed by atoms with Crippen LogP contribution in [0.15, 0.2) is 66.0 Å². The number of rotatable bonds is 6. The lowest BCUT2D eigenvalue weighted by atomic mass is 9.77. The summed E-state index contributed by atoms with van der Waals surface area (Å²) in [6.07, 6.45) is 2.46. The molecular formula is C18H15BFN3O3S. The lowest BCUT2D eigenvalue weighted by Gasteiger charge is -2.08. The van der Waals surface area contributed by atoms with Crippen molar-refractivity contribution in [3.05, 3.63) is 77.9 Å². The molecule has 0 radical (unpaired) electrons. The second-order valence-corrected chi connectivity index (χ2v) is 6.56. The molecule has 3 N–H and O–H groups in total. The van der Waals surface area contributed by atoms with Crippen molar-refractivity contribution in [3.8, 4) is 0 Å². The molecule has 1 amide bonds. The number of pyridine rings is 2. The van der Waals surface area contributed by atoms with E-state index in [0.717, 1.165) is 11.8 Å². The van der Waals surface area contributed by atoms with E-state index in [9.17, 15) is 19.2 Å². The van der Waals surface area contributed by atoms with Gasteiger partial charge in [-0.2, -0.15) is 0 Å². The van der Waals surface area contributed by atoms with Crippen LogP contribution in [0, 0.1) is 5.82 Å². The van der Waals surface area contributed by atoms with Crippen LogP contribution in [0.4, 0.5) is 10.2 Å². The maximum Gasteiger partial charge on any atom is 0.488 e. The second kappa shape index (κ2) is 8.76. The highest BCUT2D eigenvalue weighted by molar-refractivity contribution is 7.98. The van der Waals surface area contributed by atoms with Crippen molar-refractivity contribution in [3.63, 3.8) is 0 Å². The summed E-state index contributed by atoms with van der Waals surface area (Å²) in [5, 5.41) is 22.0. The van der Waals surface area contributed by atoms with E-state index in [2.05, 4.69) is 15.3 Å². The van der Waals surface area contributed by atoms with Gasteiger partial charge >= 0.3 is 7.12 Å². The Kier molecular flexibility index (Phi) is 6.18. The number of thioether (sulfide) groups is 1. The number of nitrogens with zero attached hydrogens (tertiary/aromatic N) is 2. The summed E-state index contributed by atoms with van der Waals surface area (Å²) >= 11 is 1.41. The first kappa shape index (κ1) is 19.0. The molecule has 27 heavy (non-hydrogen) atoms. The number of hydrogen-bond donors (Lipinski definition) is 3. The average Bonchev–Trinajstić information content (AvgIpc) is 2.68. The molecule has 0 unspecified atom stereocenters. The molecule has 0 spiro atoms. The maximum absolute atomic E-state index is 12.8. The minimum Gasteiger partial charge on any atom is -0.423 e. The molecule has 3 aromatic rings. The Balaban J connectivity index is 1.62. The first-order valence-corrected chi connectivity index (χ1v) is 8.97. The zero-order valence-corrected chi connectivity index (χ0v) is 14.9. The predicted molar refractivity (Wildman–Crippen MR) is 102 cm³/mol. The van der Waals surface area contributed by atoms with Crippen molar-refractivity contribution >= 4 is 36.1 Å². The number of carbonyl (C=O) groups is 1. The molecule has 9 heteroatoms. The molecule has 136 valence electrons. The molecule has 0 aliphatic rings. The zero-order valence-electron chi connectivity index (χ0n) is 14.0. The van der Waals surface area contributed by atoms with E-state index in [4.69, 9.17) is 0 Å². The summed E-state index contributed by atoms with van der Waals surface area (Å²) in [6.45, 7) is 0. The topological polar surface area (TPSA) is 95.3 Å². The summed E-state index contributed by atoms with van der Waals surface area (Å²) in [6, 6.07) is 13.0. The van der Waals surface area contributed by atoms with Crippen LogP contribution in [-0.2, 0) is 5.75 Å². The first-order chi connectivity index (χ1) is 13.0. The Labute approximate surface area is 159 Å². The first-order valence-electron chi connectivity index (χ1n) is 7.98. The van der Waals surface area contributed by atoms with Gasteiger partial charge < -0.3 is 15.4 Å². The summed E-state index contributed by atoms with van der Waals surface area (Å²) in [7, 11) is -1.53. The largest absolute Gasteiger partial charge is 0.488 e. The smallest absolute Gasteiger partial charge is 0.423 e. The number of benzene rings is 1. The molecule has 0 fully saturated rings. The van der Waals surface area contributed by atoms with Crippen molar-refractivity contribution in [2.75, 3.05) is 5.32 Å². The van der Waals surface area contributed by atoms with Gasteiger partial charge in [0.15, 0.2) is 0 Å². The van der Waals surface area contributed by atoms with E-state index in [1.54, 1.807) is 24.3 Å². The van der Waals surface area contributed by atoms with Crippen LogP contribution < -0.4 is 10.8 Å². The molecule has 2 aromatic heterocycles. The summed E-state index contributed by atoms with van der Waals surface area (Å²) < 4.78 is 12.8. The number of halogens is 1. The van der Waals surface area contributed by atoms with Crippen molar-refractivity contribution in [2.45, 2.75) is 10.8 Å². The minimum atomic E-state index is -1.53. The molecule has 2 heterocycles. The van der Waals surface area contributed by atoms with Crippen molar-refractivity contribution in [1.82, 2.24) is 9.97 Å². The van der Waals surface area contributed by atoms with Gasteiger partial charge in [0, 0.05) is 11.9 Å². The van der Waals surface area contributed by atoms with Gasteiger partial charge in [0.1, 0.15) is 11.6 Å². The van der Waals surface area contributed by atoms with Crippen molar-refractivity contribution in [2.24, 2.45) is 0 Å². The van der Waals surface area contributed by atoms with Gasteiger partial charge in [-0.3, -0.25) is 4.79 Å². The number of amides is 1. The molecule has 1 aromatic carbocycles. The van der Waals surface area contributed by atoms with Gasteiger partial charge in [0.2, 0.25) is 0 Å². The minimum absolute atomic E-state index is 0.249. The highest BCUT2D eigenvalue weighted by Crippen LogP contribution is 2.20. The van der Waals surface area contributed by atoms with Crippen LogP contribution in [0.5, 0.6) is 0 Å². The Hall–Kier alpha value is -2.75. The van der Waals surface area contributed by atoms with E-state index < -0.39 is 18.8 Å². The fourth-order valence-corrected chi connectivity index (χ4v) is 3.17. The van der Waals surface area contributed by atoms with Crippen molar-refractivity contribution < 1.29 is 19.2 Å². The zero-order chi connectivity index (χ0) is 19.2. The molecular weight excluding hydrogens is 368 g/mol. The highest BCUT2D eigenvalue weighted by atomic mass is 32.2. The average molecular weight is 383 g/mol. The van der Waals surface area contributed by atoms with Gasteiger partial charge in [0.25, 0.3) is 5.91 Å². The van der Waals surface area contributed by atoms with Gasteiger partial charge in [-0.05, 0) is 35.3 Å². The molecule has 0 atom stereocenters. The lowest BCUT2D eigenvalue weighted by Crippen LogP contribution is -2.32. The molecule has 0 bridgehead atoms. The van der Waals surface area contributed by atoms with E-state index in [1.807, 2.05) is 12.1 Å². The number of nitrogens with one attached hydrogen (secondary N) is 1. The molecule has 0 saturated carbocycles. The third-order valence-corrected chi connectivity index (χ3v) is 4.67. The Morgan fingerprint density at radius 2 is 1.89 bits per heavy atom. The fourth-order valence-electron chi connectivity index (χ4n) is 2.31. The Morgan fingerprint density at radius 3 is 2.56 bits per heavy atom. The standard InChI is InChI=1S/C18H15BFN3O3S/c20-14-6-7-16(21-10-14)23-18(24)12-5-8-17(22-9-12)27-11-13-3-1-2-4-15(13)19(25)26/h1-10,25-26H,11H2,(H,21,23,24). The SMILES string of the molecule is O=C(Nc1ccc(F)cn1)c1ccc(SCc2ccccc2B(O)O)nc1. The molecule has 3 rings (SSSR count). The molecule has 0 aliphatic carbocycles. The fraction of sp³-hybridized carbons (Fsp3) is 0.0556. The molecule has 0 aliphatic heterocycles. The maximum atomic E-state index is 12.8. The summed E-state index contributed by atoms with van der Waals surface area (Å²) in [5.41, 5.74) is 1.59. The van der Waals surface area contributed by atoms with E-state index in [0.29, 0.717) is 21.8 Å². The lowest BCUT2D eigenvalue weighted by molar-refractivity contribution is 0.102. The third-order valence-electron chi connectivity index (χ3n) is 3.68. The summed E-state index contributed by atoms with van der Waals surface area (Å²) in [5.74, 6) is -0.122. The van der Waals surface area contributed by atoms with Gasteiger partial charge in [-0.15, -0.1) is 11.8 Å². The van der Waals surface area contributed by atoms with Crippen LogP contribution in [0.1, 0.15) is 15.9 Å². The highest BCUT2D eigenvalue weighted by Gasteiger charge is 2.15. The summed E-state index contributed by atoms with van der Waals surface area (Å²) in [4.78, 5) is 20.2. The Morgan fingerprint density at radius 1 is 1.07 bits per heavy atom. The quantitative estimate of drug-likeness (QED) is 0.444. The second-order valence-electron chi connectivity index (χ2n) is 5.56. The molecule has 0 saturated heterocycles. The number of carbonyl (C=O) groups excluding carboxylic acids is 1. The van der Waals surface area contributed by atoms with Gasteiger partial charge in [0.05, 0.1) is 16.8 Å². The van der Waals surface area contributed by atoms with Crippen LogP contribution in [0.2, 0.25) is 0 Å². The molecule has 6 nitrogen and oxygen atoms in total. The number of aromatic nitrogens is 2. The van der Waals surface area contributed by atoms with E-state index >= 15 is 0 Å². The van der Waals surface area contributed by atoms with Crippen LogP contribution in [-0.4, -0.2) is 33.0 Å². The van der Waals surface area contributed by atoms with Crippen molar-refractivity contribution in [1.29, 1.82) is 0 Å². The van der Waals surface area contributed by atoms with Gasteiger partial charge in [-0.1, -0.05) is 24.3 Å². The number of hydrogen-bond acceptors (Lipinski definition) is 6. The van der Waals surface area contributed by atoms with Gasteiger partial charge in [-0.25, -0.2) is 14.4 Å². The normalized spacial score (nSPS) is 10.5. The van der Waals surface area contributed by atoms with E-state index in [1.165, 1.54) is 30.1 Å². The Bertz CT molecular complexity index is 924. The van der Waals surface area contributed by atoms with Crippen LogP contribution in [0.3, 0.4) is 0 Å². The third kappa shape index (κ3) is 5.13. The van der Waals surface area contributed by atoms with E-state index in [-0.39, 0.29) is 5.82 Å². The van der Waals surface area contributed by atoms with Crippen LogP contribution in [0.25, 0.3) is 0 Å². The predicted octanol–water partition coefficient (Wildman–Crippen LogP) is 1.84. The van der Waals surface area contributed by atoms with Crippen LogP contribution >= 0.6 is 11.8 Å². The number of anilines is 1.